The smallest absolute Gasteiger partial charge is 0.227 e. The van der Waals surface area contributed by atoms with Crippen LogP contribution in [0.2, 0.25) is 0 Å². The summed E-state index contributed by atoms with van der Waals surface area (Å²) < 4.78 is 0. The van der Waals surface area contributed by atoms with Crippen molar-refractivity contribution >= 4 is 5.91 Å². The van der Waals surface area contributed by atoms with Gasteiger partial charge in [-0.15, -0.1) is 0 Å². The Bertz CT molecular complexity index is 441. The van der Waals surface area contributed by atoms with Crippen molar-refractivity contribution in [1.29, 1.82) is 0 Å². The summed E-state index contributed by atoms with van der Waals surface area (Å²) in [5.74, 6) is 0.0181. The summed E-state index contributed by atoms with van der Waals surface area (Å²) >= 11 is 0. The Morgan fingerprint density at radius 3 is 2.68 bits per heavy atom. The van der Waals surface area contributed by atoms with Crippen LogP contribution in [0.3, 0.4) is 0 Å². The summed E-state index contributed by atoms with van der Waals surface area (Å²) in [4.78, 5) is 12.2. The van der Waals surface area contributed by atoms with Crippen molar-refractivity contribution < 1.29 is 4.79 Å². The van der Waals surface area contributed by atoms with E-state index in [1.165, 1.54) is 5.56 Å². The summed E-state index contributed by atoms with van der Waals surface area (Å²) in [6.45, 7) is 2.13. The first-order valence-corrected chi connectivity index (χ1v) is 7.00. The number of hydrogen-bond donors (Lipinski definition) is 2. The van der Waals surface area contributed by atoms with Crippen molar-refractivity contribution in [2.45, 2.75) is 38.3 Å². The van der Waals surface area contributed by atoms with Crippen LogP contribution in [0, 0.1) is 5.92 Å². The molecule has 3 atom stereocenters. The Labute approximate surface area is 114 Å². The number of amides is 1. The summed E-state index contributed by atoms with van der Waals surface area (Å²) in [6, 6.07) is 10.3. The lowest BCUT2D eigenvalue weighted by Gasteiger charge is -2.20. The predicted molar refractivity (Wildman–Crippen MR) is 77.5 cm³/mol. The molecule has 1 aromatic rings. The van der Waals surface area contributed by atoms with Gasteiger partial charge >= 0.3 is 0 Å². The largest absolute Gasteiger partial charge is 0.349 e. The molecule has 0 heterocycles. The molecule has 1 aromatic carbocycles. The summed E-state index contributed by atoms with van der Waals surface area (Å²) in [5, 5.41) is 3.15. The number of hydrogen-bond acceptors (Lipinski definition) is 2. The van der Waals surface area contributed by atoms with E-state index in [0.717, 1.165) is 19.3 Å². The standard InChI is InChI=1S/C16H22N2O/c1-2-6-15(12-7-4-3-5-8-12)18-16(19)13-9-10-14(17)11-13/h3-5,7-10,13-15H,2,6,11,17H2,1H3,(H,18,19). The molecule has 2 rings (SSSR count). The molecule has 3 nitrogen and oxygen atoms in total. The zero-order valence-electron chi connectivity index (χ0n) is 11.4. The number of carbonyl (C=O) groups excluding carboxylic acids is 1. The van der Waals surface area contributed by atoms with Crippen LogP contribution in [0.1, 0.15) is 37.8 Å². The van der Waals surface area contributed by atoms with Crippen molar-refractivity contribution in [3.05, 3.63) is 48.0 Å². The first kappa shape index (κ1) is 13.8. The van der Waals surface area contributed by atoms with E-state index in [1.54, 1.807) is 0 Å². The lowest BCUT2D eigenvalue weighted by molar-refractivity contribution is -0.124. The summed E-state index contributed by atoms with van der Waals surface area (Å²) in [7, 11) is 0. The van der Waals surface area contributed by atoms with E-state index < -0.39 is 0 Å². The van der Waals surface area contributed by atoms with Gasteiger partial charge in [-0.1, -0.05) is 55.8 Å². The molecular formula is C16H22N2O. The maximum Gasteiger partial charge on any atom is 0.227 e. The van der Waals surface area contributed by atoms with E-state index in [9.17, 15) is 4.79 Å². The lowest BCUT2D eigenvalue weighted by atomic mass is 10.0. The molecule has 0 aliphatic heterocycles. The highest BCUT2D eigenvalue weighted by Crippen LogP contribution is 2.21. The van der Waals surface area contributed by atoms with Gasteiger partial charge in [-0.25, -0.2) is 0 Å². The zero-order chi connectivity index (χ0) is 13.7. The molecule has 3 heteroatoms. The first-order chi connectivity index (χ1) is 9.20. The third kappa shape index (κ3) is 3.67. The van der Waals surface area contributed by atoms with Crippen molar-refractivity contribution in [2.24, 2.45) is 11.7 Å². The average Bonchev–Trinajstić information content (AvgIpc) is 2.86. The second-order valence-electron chi connectivity index (χ2n) is 5.15. The minimum absolute atomic E-state index is 0.0251. The van der Waals surface area contributed by atoms with Crippen LogP contribution in [0.5, 0.6) is 0 Å². The van der Waals surface area contributed by atoms with Crippen LogP contribution in [0.15, 0.2) is 42.5 Å². The molecule has 1 amide bonds. The van der Waals surface area contributed by atoms with Gasteiger partial charge in [0, 0.05) is 6.04 Å². The van der Waals surface area contributed by atoms with Gasteiger partial charge in [0.25, 0.3) is 0 Å². The number of rotatable bonds is 5. The highest BCUT2D eigenvalue weighted by molar-refractivity contribution is 5.81. The van der Waals surface area contributed by atoms with E-state index in [0.29, 0.717) is 0 Å². The quantitative estimate of drug-likeness (QED) is 0.797. The fourth-order valence-electron chi connectivity index (χ4n) is 2.50. The van der Waals surface area contributed by atoms with Crippen LogP contribution in [0.25, 0.3) is 0 Å². The van der Waals surface area contributed by atoms with Crippen LogP contribution in [0.4, 0.5) is 0 Å². The molecule has 1 aliphatic rings. The lowest BCUT2D eigenvalue weighted by Crippen LogP contribution is -2.33. The van der Waals surface area contributed by atoms with Crippen LogP contribution >= 0.6 is 0 Å². The van der Waals surface area contributed by atoms with Gasteiger partial charge in [-0.3, -0.25) is 4.79 Å². The van der Waals surface area contributed by atoms with Crippen molar-refractivity contribution in [1.82, 2.24) is 5.32 Å². The monoisotopic (exact) mass is 258 g/mol. The van der Waals surface area contributed by atoms with E-state index in [1.807, 2.05) is 30.4 Å². The Hall–Kier alpha value is -1.61. The van der Waals surface area contributed by atoms with Crippen LogP contribution in [-0.2, 0) is 4.79 Å². The highest BCUT2D eigenvalue weighted by atomic mass is 16.1. The molecule has 3 N–H and O–H groups in total. The molecule has 0 fully saturated rings. The molecule has 0 bridgehead atoms. The SMILES string of the molecule is CCCC(NC(=O)C1C=CC(N)C1)c1ccccc1. The van der Waals surface area contributed by atoms with E-state index >= 15 is 0 Å². The second kappa shape index (κ2) is 6.53. The Morgan fingerprint density at radius 1 is 1.37 bits per heavy atom. The normalized spacial score (nSPS) is 23.3. The molecule has 102 valence electrons. The van der Waals surface area contributed by atoms with Crippen molar-refractivity contribution in [2.75, 3.05) is 0 Å². The summed E-state index contributed by atoms with van der Waals surface area (Å²) in [5.41, 5.74) is 6.97. The van der Waals surface area contributed by atoms with E-state index in [-0.39, 0.29) is 23.9 Å². The maximum absolute atomic E-state index is 12.2. The number of benzene rings is 1. The zero-order valence-corrected chi connectivity index (χ0v) is 11.4. The van der Waals surface area contributed by atoms with Gasteiger partial charge < -0.3 is 11.1 Å². The Morgan fingerprint density at radius 2 is 2.11 bits per heavy atom. The Kier molecular flexibility index (Phi) is 4.74. The topological polar surface area (TPSA) is 55.1 Å². The third-order valence-corrected chi connectivity index (χ3v) is 3.55. The van der Waals surface area contributed by atoms with Crippen molar-refractivity contribution in [3.63, 3.8) is 0 Å². The van der Waals surface area contributed by atoms with Gasteiger partial charge in [0.1, 0.15) is 0 Å². The average molecular weight is 258 g/mol. The van der Waals surface area contributed by atoms with E-state index in [4.69, 9.17) is 5.73 Å². The fraction of sp³-hybridized carbons (Fsp3) is 0.438. The third-order valence-electron chi connectivity index (χ3n) is 3.55. The Balaban J connectivity index is 2.01. The van der Waals surface area contributed by atoms with Gasteiger partial charge in [0.05, 0.1) is 12.0 Å². The van der Waals surface area contributed by atoms with Crippen LogP contribution < -0.4 is 11.1 Å². The minimum Gasteiger partial charge on any atom is -0.349 e. The van der Waals surface area contributed by atoms with Crippen LogP contribution in [-0.4, -0.2) is 11.9 Å². The maximum atomic E-state index is 12.2. The number of nitrogens with two attached hydrogens (primary N) is 1. The van der Waals surface area contributed by atoms with Gasteiger partial charge in [0.2, 0.25) is 5.91 Å². The molecule has 0 saturated carbocycles. The highest BCUT2D eigenvalue weighted by Gasteiger charge is 2.24. The predicted octanol–water partition coefficient (Wildman–Crippen LogP) is 2.55. The fourth-order valence-corrected chi connectivity index (χ4v) is 2.50. The van der Waals surface area contributed by atoms with Gasteiger partial charge in [-0.05, 0) is 18.4 Å². The molecule has 3 unspecified atom stereocenters. The first-order valence-electron chi connectivity index (χ1n) is 7.00. The molecule has 0 saturated heterocycles. The summed E-state index contributed by atoms with van der Waals surface area (Å²) in [6.07, 6.45) is 6.56. The second-order valence-corrected chi connectivity index (χ2v) is 5.15. The molecule has 0 aromatic heterocycles. The van der Waals surface area contributed by atoms with Crippen molar-refractivity contribution in [3.8, 4) is 0 Å². The molecule has 0 spiro atoms. The number of nitrogens with one attached hydrogen (secondary N) is 1. The van der Waals surface area contributed by atoms with Gasteiger partial charge in [-0.2, -0.15) is 0 Å². The minimum atomic E-state index is -0.0712. The molecule has 0 radical (unpaired) electrons. The van der Waals surface area contributed by atoms with E-state index in [2.05, 4.69) is 24.4 Å². The molecule has 1 aliphatic carbocycles. The molecule has 19 heavy (non-hydrogen) atoms. The molecular weight excluding hydrogens is 236 g/mol. The van der Waals surface area contributed by atoms with Gasteiger partial charge in [0.15, 0.2) is 0 Å². The number of carbonyl (C=O) groups is 1.